The molecule has 17 heavy (non-hydrogen) atoms. The lowest BCUT2D eigenvalue weighted by Gasteiger charge is -2.03. The number of carboxylic acid groups (broad SMARTS) is 1. The molecule has 0 aromatic carbocycles. The largest absolute Gasteiger partial charge is 0.477 e. The standard InChI is InChI=1S/C11H12N2O3S/c1-2-3-4-17-10-7(6-12)5-8(11(15)16)9(14)13-10/h5H,2-4H2,1H3,(H,13,14)(H,15,16). The van der Waals surface area contributed by atoms with Crippen LogP contribution in [0.1, 0.15) is 35.7 Å². The topological polar surface area (TPSA) is 93.9 Å². The fourth-order valence-corrected chi connectivity index (χ4v) is 2.25. The van der Waals surface area contributed by atoms with Crippen molar-refractivity contribution in [1.29, 1.82) is 5.26 Å². The Morgan fingerprint density at radius 1 is 1.65 bits per heavy atom. The van der Waals surface area contributed by atoms with Gasteiger partial charge in [0.15, 0.2) is 0 Å². The highest BCUT2D eigenvalue weighted by atomic mass is 32.2. The molecule has 0 unspecified atom stereocenters. The first-order valence-electron chi connectivity index (χ1n) is 5.13. The molecule has 2 N–H and O–H groups in total. The van der Waals surface area contributed by atoms with Gasteiger partial charge in [-0.05, 0) is 18.2 Å². The molecule has 0 aliphatic carbocycles. The number of aromatic carboxylic acids is 1. The van der Waals surface area contributed by atoms with Crippen molar-refractivity contribution in [3.05, 3.63) is 27.5 Å². The minimum Gasteiger partial charge on any atom is -0.477 e. The fourth-order valence-electron chi connectivity index (χ4n) is 1.19. The number of thioether (sulfide) groups is 1. The maximum Gasteiger partial charge on any atom is 0.341 e. The lowest BCUT2D eigenvalue weighted by atomic mass is 10.2. The van der Waals surface area contributed by atoms with E-state index in [1.807, 2.05) is 13.0 Å². The molecule has 1 heterocycles. The predicted molar refractivity (Wildman–Crippen MR) is 64.4 cm³/mol. The van der Waals surface area contributed by atoms with E-state index in [-0.39, 0.29) is 5.56 Å². The van der Waals surface area contributed by atoms with Gasteiger partial charge in [-0.25, -0.2) is 4.79 Å². The average molecular weight is 252 g/mol. The Morgan fingerprint density at radius 2 is 2.35 bits per heavy atom. The van der Waals surface area contributed by atoms with Crippen molar-refractivity contribution in [3.8, 4) is 6.07 Å². The van der Waals surface area contributed by atoms with Crippen molar-refractivity contribution in [2.75, 3.05) is 5.75 Å². The smallest absolute Gasteiger partial charge is 0.341 e. The Balaban J connectivity index is 3.07. The Bertz CT molecular complexity index is 516. The molecule has 0 saturated heterocycles. The van der Waals surface area contributed by atoms with Crippen LogP contribution in [0.5, 0.6) is 0 Å². The van der Waals surface area contributed by atoms with Crippen LogP contribution in [0, 0.1) is 11.3 Å². The van der Waals surface area contributed by atoms with E-state index in [4.69, 9.17) is 10.4 Å². The third-order valence-corrected chi connectivity index (χ3v) is 3.20. The first-order valence-corrected chi connectivity index (χ1v) is 6.12. The summed E-state index contributed by atoms with van der Waals surface area (Å²) in [5.74, 6) is -0.541. The van der Waals surface area contributed by atoms with Gasteiger partial charge >= 0.3 is 5.97 Å². The summed E-state index contributed by atoms with van der Waals surface area (Å²) < 4.78 is 0. The number of aromatic amines is 1. The summed E-state index contributed by atoms with van der Waals surface area (Å²) in [5.41, 5.74) is -0.875. The summed E-state index contributed by atoms with van der Waals surface area (Å²) >= 11 is 1.36. The molecule has 0 spiro atoms. The molecular formula is C11H12N2O3S. The number of aromatic nitrogens is 1. The van der Waals surface area contributed by atoms with E-state index >= 15 is 0 Å². The first-order chi connectivity index (χ1) is 8.10. The second-order valence-corrected chi connectivity index (χ2v) is 4.48. The zero-order chi connectivity index (χ0) is 12.8. The molecule has 0 atom stereocenters. The Morgan fingerprint density at radius 3 is 2.88 bits per heavy atom. The van der Waals surface area contributed by atoms with Crippen molar-refractivity contribution in [2.24, 2.45) is 0 Å². The molecule has 0 bridgehead atoms. The number of rotatable bonds is 5. The highest BCUT2D eigenvalue weighted by molar-refractivity contribution is 7.99. The van der Waals surface area contributed by atoms with E-state index < -0.39 is 17.1 Å². The highest BCUT2D eigenvalue weighted by Crippen LogP contribution is 2.20. The van der Waals surface area contributed by atoms with E-state index in [9.17, 15) is 9.59 Å². The molecular weight excluding hydrogens is 240 g/mol. The van der Waals surface area contributed by atoms with Crippen molar-refractivity contribution in [3.63, 3.8) is 0 Å². The molecule has 6 heteroatoms. The molecule has 0 aliphatic rings. The number of carbonyl (C=O) groups is 1. The van der Waals surface area contributed by atoms with E-state index in [0.29, 0.717) is 5.03 Å². The molecule has 0 aliphatic heterocycles. The van der Waals surface area contributed by atoms with Gasteiger partial charge < -0.3 is 10.1 Å². The second-order valence-electron chi connectivity index (χ2n) is 3.37. The normalized spacial score (nSPS) is 9.88. The molecule has 0 amide bonds. The van der Waals surface area contributed by atoms with Crippen LogP contribution >= 0.6 is 11.8 Å². The minimum absolute atomic E-state index is 0.197. The van der Waals surface area contributed by atoms with Crippen LogP contribution in [0.2, 0.25) is 0 Å². The van der Waals surface area contributed by atoms with Crippen LogP contribution in [0.15, 0.2) is 15.9 Å². The van der Waals surface area contributed by atoms with Crippen LogP contribution in [-0.2, 0) is 0 Å². The highest BCUT2D eigenvalue weighted by Gasteiger charge is 2.13. The summed E-state index contributed by atoms with van der Waals surface area (Å²) in [5, 5.41) is 18.1. The Kier molecular flexibility index (Phi) is 4.79. The summed E-state index contributed by atoms with van der Waals surface area (Å²) in [7, 11) is 0. The maximum atomic E-state index is 11.4. The van der Waals surface area contributed by atoms with Crippen LogP contribution in [0.4, 0.5) is 0 Å². The number of H-pyrrole nitrogens is 1. The predicted octanol–water partition coefficient (Wildman–Crippen LogP) is 1.84. The summed E-state index contributed by atoms with van der Waals surface area (Å²) in [6.07, 6.45) is 1.99. The molecule has 1 aromatic rings. The zero-order valence-corrected chi connectivity index (χ0v) is 10.1. The zero-order valence-electron chi connectivity index (χ0n) is 9.32. The lowest BCUT2D eigenvalue weighted by molar-refractivity contribution is 0.0694. The van der Waals surface area contributed by atoms with Gasteiger partial charge in [-0.15, -0.1) is 11.8 Å². The average Bonchev–Trinajstić information content (AvgIpc) is 2.29. The number of nitrogens with zero attached hydrogens (tertiary/aromatic N) is 1. The van der Waals surface area contributed by atoms with Crippen molar-refractivity contribution in [2.45, 2.75) is 24.8 Å². The molecule has 90 valence electrons. The monoisotopic (exact) mass is 252 g/mol. The summed E-state index contributed by atoms with van der Waals surface area (Å²) in [4.78, 5) is 24.6. The van der Waals surface area contributed by atoms with Gasteiger partial charge in [0.25, 0.3) is 5.56 Å². The quantitative estimate of drug-likeness (QED) is 0.616. The van der Waals surface area contributed by atoms with Crippen LogP contribution < -0.4 is 5.56 Å². The van der Waals surface area contributed by atoms with E-state index in [2.05, 4.69) is 4.98 Å². The fraction of sp³-hybridized carbons (Fsp3) is 0.364. The Labute approximate surface area is 102 Å². The summed E-state index contributed by atoms with van der Waals surface area (Å²) in [6.45, 7) is 2.04. The first kappa shape index (κ1) is 13.3. The number of unbranched alkanes of at least 4 members (excludes halogenated alkanes) is 1. The maximum absolute atomic E-state index is 11.4. The van der Waals surface area contributed by atoms with Crippen LogP contribution in [-0.4, -0.2) is 21.8 Å². The number of nitriles is 1. The van der Waals surface area contributed by atoms with Crippen molar-refractivity contribution in [1.82, 2.24) is 4.98 Å². The molecule has 0 saturated carbocycles. The Hall–Kier alpha value is -1.74. The lowest BCUT2D eigenvalue weighted by Crippen LogP contribution is -2.18. The molecule has 1 rings (SSSR count). The van der Waals surface area contributed by atoms with Gasteiger partial charge in [0.1, 0.15) is 11.6 Å². The van der Waals surface area contributed by atoms with Gasteiger partial charge in [-0.2, -0.15) is 5.26 Å². The SMILES string of the molecule is CCCCSc1[nH]c(=O)c(C(=O)O)cc1C#N. The molecule has 0 fully saturated rings. The van der Waals surface area contributed by atoms with Crippen LogP contribution in [0.3, 0.4) is 0 Å². The van der Waals surface area contributed by atoms with E-state index in [1.165, 1.54) is 11.8 Å². The van der Waals surface area contributed by atoms with Gasteiger partial charge in [0, 0.05) is 0 Å². The minimum atomic E-state index is -1.33. The number of carboxylic acids is 1. The van der Waals surface area contributed by atoms with E-state index in [1.54, 1.807) is 0 Å². The number of hydrogen-bond acceptors (Lipinski definition) is 4. The summed E-state index contributed by atoms with van der Waals surface area (Å²) in [6, 6.07) is 3.01. The van der Waals surface area contributed by atoms with Gasteiger partial charge in [0.05, 0.1) is 10.6 Å². The van der Waals surface area contributed by atoms with Gasteiger partial charge in [-0.1, -0.05) is 13.3 Å². The molecule has 5 nitrogen and oxygen atoms in total. The van der Waals surface area contributed by atoms with E-state index in [0.717, 1.165) is 24.7 Å². The van der Waals surface area contributed by atoms with Gasteiger partial charge in [0.2, 0.25) is 0 Å². The number of pyridine rings is 1. The van der Waals surface area contributed by atoms with Crippen molar-refractivity contribution >= 4 is 17.7 Å². The number of hydrogen-bond donors (Lipinski definition) is 2. The van der Waals surface area contributed by atoms with Crippen molar-refractivity contribution < 1.29 is 9.90 Å². The van der Waals surface area contributed by atoms with Gasteiger partial charge in [-0.3, -0.25) is 4.79 Å². The third kappa shape index (κ3) is 3.36. The third-order valence-electron chi connectivity index (χ3n) is 2.10. The second kappa shape index (κ2) is 6.11. The molecule has 0 radical (unpaired) electrons. The van der Waals surface area contributed by atoms with Crippen LogP contribution in [0.25, 0.3) is 0 Å². The number of nitrogens with one attached hydrogen (secondary N) is 1. The molecule has 1 aromatic heterocycles.